The maximum Gasteiger partial charge on any atom is 0.364 e. The zero-order valence-corrected chi connectivity index (χ0v) is 13.2. The third kappa shape index (κ3) is 2.94. The Kier molecular flexibility index (Phi) is 4.33. The molecule has 3 rings (SSSR count). The van der Waals surface area contributed by atoms with Gasteiger partial charge in [0.1, 0.15) is 11.6 Å². The van der Waals surface area contributed by atoms with E-state index < -0.39 is 17.2 Å². The van der Waals surface area contributed by atoms with E-state index in [9.17, 15) is 8.78 Å². The summed E-state index contributed by atoms with van der Waals surface area (Å²) in [6.07, 6.45) is 2.00. The predicted octanol–water partition coefficient (Wildman–Crippen LogP) is 3.49. The van der Waals surface area contributed by atoms with E-state index in [1.807, 2.05) is 36.4 Å². The average Bonchev–Trinajstić information content (AvgIpc) is 2.89. The summed E-state index contributed by atoms with van der Waals surface area (Å²) in [4.78, 5) is 2.10. The van der Waals surface area contributed by atoms with Gasteiger partial charge in [-0.05, 0) is 36.3 Å². The fourth-order valence-corrected chi connectivity index (χ4v) is 3.13. The van der Waals surface area contributed by atoms with Crippen LogP contribution in [-0.4, -0.2) is 26.1 Å². The summed E-state index contributed by atoms with van der Waals surface area (Å²) in [6.45, 7) is 2.56. The van der Waals surface area contributed by atoms with E-state index >= 15 is 0 Å². The number of hydrogen-bond donors (Lipinski definition) is 0. The van der Waals surface area contributed by atoms with E-state index in [-0.39, 0.29) is 0 Å². The van der Waals surface area contributed by atoms with Crippen LogP contribution in [-0.2, 0) is 10.2 Å². The van der Waals surface area contributed by atoms with Gasteiger partial charge in [-0.25, -0.2) is 8.78 Å². The van der Waals surface area contributed by atoms with Gasteiger partial charge in [0.2, 0.25) is 0 Å². The highest BCUT2D eigenvalue weighted by molar-refractivity contribution is 6.24. The standard InChI is InChI=1S/C18H18BF2NO/c1-18(14-6-4-3-5-7-14)11-13(12-22(18)19-23-2)16-10-15(20)8-9-17(16)21/h3-11,19H,12H2,1-2H3. The largest absolute Gasteiger partial charge is 0.427 e. The van der Waals surface area contributed by atoms with Gasteiger partial charge in [-0.1, -0.05) is 36.4 Å². The third-order valence-electron chi connectivity index (χ3n) is 4.39. The van der Waals surface area contributed by atoms with E-state index in [4.69, 9.17) is 4.65 Å². The second-order valence-electron chi connectivity index (χ2n) is 5.92. The zero-order valence-electron chi connectivity index (χ0n) is 13.2. The van der Waals surface area contributed by atoms with Crippen LogP contribution < -0.4 is 0 Å². The van der Waals surface area contributed by atoms with Gasteiger partial charge in [-0.15, -0.1) is 0 Å². The van der Waals surface area contributed by atoms with Crippen molar-refractivity contribution in [2.24, 2.45) is 0 Å². The summed E-state index contributed by atoms with van der Waals surface area (Å²) in [5.41, 5.74) is 1.74. The molecule has 2 aromatic rings. The van der Waals surface area contributed by atoms with Crippen molar-refractivity contribution in [2.45, 2.75) is 12.5 Å². The van der Waals surface area contributed by atoms with Gasteiger partial charge >= 0.3 is 7.62 Å². The van der Waals surface area contributed by atoms with Crippen molar-refractivity contribution >= 4 is 13.2 Å². The molecule has 1 heterocycles. The number of halogens is 2. The van der Waals surface area contributed by atoms with Crippen molar-refractivity contribution in [3.63, 3.8) is 0 Å². The lowest BCUT2D eigenvalue weighted by molar-refractivity contribution is 0.265. The molecule has 0 spiro atoms. The van der Waals surface area contributed by atoms with Gasteiger partial charge in [-0.2, -0.15) is 0 Å². The molecule has 0 aliphatic carbocycles. The van der Waals surface area contributed by atoms with Crippen LogP contribution in [0.4, 0.5) is 8.78 Å². The molecule has 0 aromatic heterocycles. The Bertz CT molecular complexity index is 735. The van der Waals surface area contributed by atoms with Crippen LogP contribution in [0.15, 0.2) is 54.6 Å². The lowest BCUT2D eigenvalue weighted by atomic mass is 9.88. The van der Waals surface area contributed by atoms with E-state index in [1.165, 1.54) is 12.1 Å². The minimum absolute atomic E-state index is 0.311. The summed E-state index contributed by atoms with van der Waals surface area (Å²) in [5, 5.41) is 0. The number of hydrogen-bond acceptors (Lipinski definition) is 2. The summed E-state index contributed by atoms with van der Waals surface area (Å²) >= 11 is 0. The topological polar surface area (TPSA) is 12.5 Å². The quantitative estimate of drug-likeness (QED) is 0.801. The molecule has 2 nitrogen and oxygen atoms in total. The second kappa shape index (κ2) is 6.26. The van der Waals surface area contributed by atoms with Crippen LogP contribution >= 0.6 is 0 Å². The molecule has 2 aromatic carbocycles. The van der Waals surface area contributed by atoms with Crippen LogP contribution in [0.25, 0.3) is 5.57 Å². The smallest absolute Gasteiger partial charge is 0.364 e. The van der Waals surface area contributed by atoms with Crippen LogP contribution in [0.1, 0.15) is 18.1 Å². The van der Waals surface area contributed by atoms with Crippen LogP contribution in [0.5, 0.6) is 0 Å². The van der Waals surface area contributed by atoms with E-state index in [0.717, 1.165) is 17.2 Å². The molecule has 0 saturated heterocycles. The molecule has 23 heavy (non-hydrogen) atoms. The van der Waals surface area contributed by atoms with Crippen molar-refractivity contribution in [2.75, 3.05) is 13.7 Å². The molecule has 118 valence electrons. The summed E-state index contributed by atoms with van der Waals surface area (Å²) in [7, 11) is 2.04. The first-order valence-corrected chi connectivity index (χ1v) is 7.51. The maximum atomic E-state index is 14.1. The molecule has 0 fully saturated rings. The summed E-state index contributed by atoms with van der Waals surface area (Å²) in [6, 6.07) is 13.5. The Labute approximate surface area is 135 Å². The number of rotatable bonds is 4. The van der Waals surface area contributed by atoms with E-state index in [0.29, 0.717) is 19.7 Å². The van der Waals surface area contributed by atoms with Crippen LogP contribution in [0.2, 0.25) is 0 Å². The third-order valence-corrected chi connectivity index (χ3v) is 4.39. The Hall–Kier alpha value is -1.98. The fraction of sp³-hybridized carbons (Fsp3) is 0.222. The normalized spacial score (nSPS) is 21.3. The van der Waals surface area contributed by atoms with Crippen molar-refractivity contribution in [1.82, 2.24) is 4.81 Å². The minimum Gasteiger partial charge on any atom is -0.427 e. The number of nitrogens with zero attached hydrogens (tertiary/aromatic N) is 1. The molecule has 0 amide bonds. The molecule has 0 N–H and O–H groups in total. The van der Waals surface area contributed by atoms with Crippen molar-refractivity contribution in [3.05, 3.63) is 77.4 Å². The Morgan fingerprint density at radius 1 is 1.13 bits per heavy atom. The minimum atomic E-state index is -0.436. The number of benzene rings is 2. The van der Waals surface area contributed by atoms with Gasteiger partial charge in [0, 0.05) is 19.2 Å². The van der Waals surface area contributed by atoms with Gasteiger partial charge in [0.15, 0.2) is 0 Å². The Balaban J connectivity index is 2.07. The molecular formula is C18H18BF2NO. The molecule has 0 radical (unpaired) electrons. The van der Waals surface area contributed by atoms with Crippen molar-refractivity contribution in [3.8, 4) is 0 Å². The molecule has 0 saturated carbocycles. The van der Waals surface area contributed by atoms with Crippen LogP contribution in [0, 0.1) is 11.6 Å². The predicted molar refractivity (Wildman–Crippen MR) is 89.0 cm³/mol. The lowest BCUT2D eigenvalue weighted by Crippen LogP contribution is -2.42. The zero-order chi connectivity index (χ0) is 16.4. The fourth-order valence-electron chi connectivity index (χ4n) is 3.13. The van der Waals surface area contributed by atoms with Gasteiger partial charge in [0.05, 0.1) is 5.54 Å². The molecule has 0 bridgehead atoms. The first-order valence-electron chi connectivity index (χ1n) is 7.51. The molecule has 1 aliphatic rings. The molecule has 1 atom stereocenters. The van der Waals surface area contributed by atoms with Crippen molar-refractivity contribution in [1.29, 1.82) is 0 Å². The van der Waals surface area contributed by atoms with Gasteiger partial charge in [-0.3, -0.25) is 0 Å². The lowest BCUT2D eigenvalue weighted by Gasteiger charge is -2.34. The summed E-state index contributed by atoms with van der Waals surface area (Å²) in [5.74, 6) is -0.846. The average molecular weight is 313 g/mol. The highest BCUT2D eigenvalue weighted by Crippen LogP contribution is 2.39. The Morgan fingerprint density at radius 2 is 1.87 bits per heavy atom. The summed E-state index contributed by atoms with van der Waals surface area (Å²) < 4.78 is 33.0. The van der Waals surface area contributed by atoms with Gasteiger partial charge in [0.25, 0.3) is 0 Å². The van der Waals surface area contributed by atoms with E-state index in [2.05, 4.69) is 11.7 Å². The highest BCUT2D eigenvalue weighted by atomic mass is 19.1. The second-order valence-corrected chi connectivity index (χ2v) is 5.92. The maximum absolute atomic E-state index is 14.1. The monoisotopic (exact) mass is 313 g/mol. The van der Waals surface area contributed by atoms with Crippen LogP contribution in [0.3, 0.4) is 0 Å². The van der Waals surface area contributed by atoms with E-state index in [1.54, 1.807) is 7.11 Å². The molecule has 5 heteroatoms. The highest BCUT2D eigenvalue weighted by Gasteiger charge is 2.38. The Morgan fingerprint density at radius 3 is 2.57 bits per heavy atom. The molecular weight excluding hydrogens is 295 g/mol. The SMILES string of the molecule is COBN1CC(c2cc(F)ccc2F)=CC1(C)c1ccccc1. The van der Waals surface area contributed by atoms with Gasteiger partial charge < -0.3 is 9.47 Å². The molecule has 1 aliphatic heterocycles. The first kappa shape index (κ1) is 15.9. The van der Waals surface area contributed by atoms with Crippen molar-refractivity contribution < 1.29 is 13.4 Å². The molecule has 1 unspecified atom stereocenters. The first-order chi connectivity index (χ1) is 11.0.